The predicted molar refractivity (Wildman–Crippen MR) is 86.5 cm³/mol. The average molecular weight is 322 g/mol. The zero-order chi connectivity index (χ0) is 15.8. The van der Waals surface area contributed by atoms with E-state index in [4.69, 9.17) is 0 Å². The molecule has 2 rings (SSSR count). The minimum absolute atomic E-state index is 0.160. The maximum Gasteiger partial charge on any atom is 0.305 e. The largest absolute Gasteiger partial charge is 0.469 e. The molecule has 1 N–H and O–H groups in total. The van der Waals surface area contributed by atoms with Crippen molar-refractivity contribution in [2.75, 3.05) is 19.0 Å². The number of carbonyl (C=O) groups excluding carboxylic acids is 1. The van der Waals surface area contributed by atoms with Crippen molar-refractivity contribution in [1.29, 1.82) is 0 Å². The molecule has 0 aliphatic carbocycles. The molecule has 4 nitrogen and oxygen atoms in total. The first-order valence-corrected chi connectivity index (χ1v) is 8.09. The van der Waals surface area contributed by atoms with E-state index in [-0.39, 0.29) is 11.8 Å². The number of hydrogen-bond acceptors (Lipinski definition) is 5. The molecule has 0 aliphatic rings. The van der Waals surface area contributed by atoms with Crippen LogP contribution in [0.3, 0.4) is 0 Å². The van der Waals surface area contributed by atoms with E-state index in [0.29, 0.717) is 6.42 Å². The molecule has 22 heavy (non-hydrogen) atoms. The third-order valence-electron chi connectivity index (χ3n) is 3.19. The van der Waals surface area contributed by atoms with Gasteiger partial charge in [-0.3, -0.25) is 4.79 Å². The normalized spacial score (nSPS) is 10.5. The number of rotatable bonds is 8. The smallest absolute Gasteiger partial charge is 0.305 e. The van der Waals surface area contributed by atoms with Crippen LogP contribution in [0.4, 0.5) is 9.52 Å². The van der Waals surface area contributed by atoms with Crippen LogP contribution in [0.15, 0.2) is 29.6 Å². The van der Waals surface area contributed by atoms with E-state index in [9.17, 15) is 9.18 Å². The number of nitrogens with zero attached hydrogens (tertiary/aromatic N) is 1. The van der Waals surface area contributed by atoms with Gasteiger partial charge in [-0.2, -0.15) is 0 Å². The van der Waals surface area contributed by atoms with Crippen molar-refractivity contribution >= 4 is 22.4 Å². The highest BCUT2D eigenvalue weighted by molar-refractivity contribution is 7.14. The molecular formula is C16H19FN2O2S. The fraction of sp³-hybridized carbons (Fsp3) is 0.375. The Morgan fingerprint density at radius 3 is 3.00 bits per heavy atom. The molecule has 0 atom stereocenters. The Morgan fingerprint density at radius 1 is 1.36 bits per heavy atom. The lowest BCUT2D eigenvalue weighted by molar-refractivity contribution is -0.140. The molecule has 2 aromatic rings. The number of nitrogens with one attached hydrogen (secondary N) is 1. The van der Waals surface area contributed by atoms with E-state index in [2.05, 4.69) is 15.0 Å². The lowest BCUT2D eigenvalue weighted by Gasteiger charge is -2.02. The lowest BCUT2D eigenvalue weighted by atomic mass is 10.2. The number of hydrogen-bond donors (Lipinski definition) is 1. The molecule has 0 unspecified atom stereocenters. The molecule has 0 fully saturated rings. The number of esters is 1. The number of methoxy groups -OCH3 is 1. The standard InChI is InChI=1S/C16H19FN2O2S/c1-21-15(20)8-3-2-4-9-18-16-19-14(11-22-16)12-6-5-7-13(17)10-12/h5-7,10-11H,2-4,8-9H2,1H3,(H,18,19). The Morgan fingerprint density at radius 2 is 2.23 bits per heavy atom. The molecule has 6 heteroatoms. The van der Waals surface area contributed by atoms with Gasteiger partial charge in [-0.25, -0.2) is 9.37 Å². The van der Waals surface area contributed by atoms with Gasteiger partial charge in [0.15, 0.2) is 5.13 Å². The minimum Gasteiger partial charge on any atom is -0.469 e. The highest BCUT2D eigenvalue weighted by Crippen LogP contribution is 2.25. The van der Waals surface area contributed by atoms with Gasteiger partial charge in [0, 0.05) is 23.9 Å². The van der Waals surface area contributed by atoms with E-state index in [0.717, 1.165) is 42.2 Å². The number of anilines is 1. The van der Waals surface area contributed by atoms with Gasteiger partial charge in [0.1, 0.15) is 5.82 Å². The topological polar surface area (TPSA) is 51.2 Å². The van der Waals surface area contributed by atoms with Crippen LogP contribution in [0.2, 0.25) is 0 Å². The summed E-state index contributed by atoms with van der Waals surface area (Å²) in [6.07, 6.45) is 3.23. The third-order valence-corrected chi connectivity index (χ3v) is 3.99. The summed E-state index contributed by atoms with van der Waals surface area (Å²) in [5.74, 6) is -0.418. The second-order valence-electron chi connectivity index (χ2n) is 4.86. The van der Waals surface area contributed by atoms with E-state index in [1.165, 1.54) is 30.6 Å². The molecule has 0 saturated carbocycles. The molecular weight excluding hydrogens is 303 g/mol. The van der Waals surface area contributed by atoms with Crippen molar-refractivity contribution < 1.29 is 13.9 Å². The van der Waals surface area contributed by atoms with Gasteiger partial charge in [-0.05, 0) is 25.0 Å². The highest BCUT2D eigenvalue weighted by atomic mass is 32.1. The summed E-state index contributed by atoms with van der Waals surface area (Å²) in [4.78, 5) is 15.4. The summed E-state index contributed by atoms with van der Waals surface area (Å²) in [5, 5.41) is 5.99. The zero-order valence-electron chi connectivity index (χ0n) is 12.5. The molecule has 0 radical (unpaired) electrons. The Kier molecular flexibility index (Phi) is 6.33. The van der Waals surface area contributed by atoms with Gasteiger partial charge in [-0.1, -0.05) is 18.6 Å². The van der Waals surface area contributed by atoms with Crippen LogP contribution in [0.25, 0.3) is 11.3 Å². The predicted octanol–water partition coefficient (Wildman–Crippen LogP) is 4.09. The van der Waals surface area contributed by atoms with Crippen LogP contribution in [0.5, 0.6) is 0 Å². The van der Waals surface area contributed by atoms with Crippen LogP contribution in [0, 0.1) is 5.82 Å². The first kappa shape index (κ1) is 16.4. The molecule has 0 aliphatic heterocycles. The quantitative estimate of drug-likeness (QED) is 0.587. The zero-order valence-corrected chi connectivity index (χ0v) is 13.3. The molecule has 1 aromatic heterocycles. The van der Waals surface area contributed by atoms with Gasteiger partial charge in [0.05, 0.1) is 12.8 Å². The highest BCUT2D eigenvalue weighted by Gasteiger charge is 2.05. The van der Waals surface area contributed by atoms with Crippen LogP contribution in [-0.2, 0) is 9.53 Å². The second-order valence-corrected chi connectivity index (χ2v) is 5.72. The molecule has 0 spiro atoms. The minimum atomic E-state index is -0.259. The van der Waals surface area contributed by atoms with Crippen LogP contribution >= 0.6 is 11.3 Å². The summed E-state index contributed by atoms with van der Waals surface area (Å²) < 4.78 is 17.8. The number of benzene rings is 1. The lowest BCUT2D eigenvalue weighted by Crippen LogP contribution is -2.03. The molecule has 1 heterocycles. The summed E-state index contributed by atoms with van der Waals surface area (Å²) in [7, 11) is 1.41. The molecule has 0 bridgehead atoms. The maximum atomic E-state index is 13.2. The van der Waals surface area contributed by atoms with E-state index >= 15 is 0 Å². The SMILES string of the molecule is COC(=O)CCCCCNc1nc(-c2cccc(F)c2)cs1. The fourth-order valence-electron chi connectivity index (χ4n) is 2.00. The van der Waals surface area contributed by atoms with Gasteiger partial charge >= 0.3 is 5.97 Å². The molecule has 1 aromatic carbocycles. The average Bonchev–Trinajstić information content (AvgIpc) is 2.99. The summed E-state index contributed by atoms with van der Waals surface area (Å²) in [5.41, 5.74) is 1.56. The number of carbonyl (C=O) groups is 1. The van der Waals surface area contributed by atoms with Crippen molar-refractivity contribution in [2.24, 2.45) is 0 Å². The van der Waals surface area contributed by atoms with Crippen LogP contribution in [-0.4, -0.2) is 24.6 Å². The maximum absolute atomic E-state index is 13.2. The summed E-state index contributed by atoms with van der Waals surface area (Å²) in [6.45, 7) is 0.803. The molecule has 0 amide bonds. The Hall–Kier alpha value is -1.95. The van der Waals surface area contributed by atoms with Crippen molar-refractivity contribution in [2.45, 2.75) is 25.7 Å². The third kappa shape index (κ3) is 5.11. The summed E-state index contributed by atoms with van der Waals surface area (Å²) in [6, 6.07) is 6.42. The number of thiazole rings is 1. The first-order chi connectivity index (χ1) is 10.7. The van der Waals surface area contributed by atoms with Crippen molar-refractivity contribution in [3.63, 3.8) is 0 Å². The molecule has 0 saturated heterocycles. The van der Waals surface area contributed by atoms with Crippen molar-refractivity contribution in [3.05, 3.63) is 35.5 Å². The van der Waals surface area contributed by atoms with Gasteiger partial charge in [0.25, 0.3) is 0 Å². The Balaban J connectivity index is 1.72. The van der Waals surface area contributed by atoms with Gasteiger partial charge < -0.3 is 10.1 Å². The number of aromatic nitrogens is 1. The fourth-order valence-corrected chi connectivity index (χ4v) is 2.75. The van der Waals surface area contributed by atoms with Crippen LogP contribution < -0.4 is 5.32 Å². The summed E-state index contributed by atoms with van der Waals surface area (Å²) >= 11 is 1.50. The Labute approximate surface area is 133 Å². The van der Waals surface area contributed by atoms with Gasteiger partial charge in [-0.15, -0.1) is 11.3 Å². The van der Waals surface area contributed by atoms with Crippen molar-refractivity contribution in [3.8, 4) is 11.3 Å². The number of unbranched alkanes of at least 4 members (excludes halogenated alkanes) is 2. The van der Waals surface area contributed by atoms with Crippen molar-refractivity contribution in [1.82, 2.24) is 4.98 Å². The van der Waals surface area contributed by atoms with Gasteiger partial charge in [0.2, 0.25) is 0 Å². The monoisotopic (exact) mass is 322 g/mol. The second kappa shape index (κ2) is 8.48. The van der Waals surface area contributed by atoms with Crippen LogP contribution in [0.1, 0.15) is 25.7 Å². The first-order valence-electron chi connectivity index (χ1n) is 7.21. The Bertz CT molecular complexity index is 616. The van der Waals surface area contributed by atoms with E-state index in [1.54, 1.807) is 6.07 Å². The van der Waals surface area contributed by atoms with E-state index in [1.807, 2.05) is 11.4 Å². The molecule has 118 valence electrons. The number of ether oxygens (including phenoxy) is 1. The van der Waals surface area contributed by atoms with E-state index < -0.39 is 0 Å². The number of halogens is 1.